The Labute approximate surface area is 160 Å². The first kappa shape index (κ1) is 18.4. The second-order valence-electron chi connectivity index (χ2n) is 6.71. The van der Waals surface area contributed by atoms with Crippen LogP contribution in [0.4, 0.5) is 0 Å². The molecule has 1 aromatic carbocycles. The number of rotatable bonds is 1. The van der Waals surface area contributed by atoms with E-state index < -0.39 is 5.63 Å². The van der Waals surface area contributed by atoms with Crippen molar-refractivity contribution in [2.75, 3.05) is 13.1 Å². The average Bonchev–Trinajstić information content (AvgIpc) is 2.87. The molecule has 7 heteroatoms. The van der Waals surface area contributed by atoms with Crippen molar-refractivity contribution < 1.29 is 9.21 Å². The summed E-state index contributed by atoms with van der Waals surface area (Å²) < 4.78 is 6.28. The monoisotopic (exact) mass is 426 g/mol. The van der Waals surface area contributed by atoms with Crippen molar-refractivity contribution in [3.8, 4) is 0 Å². The molecule has 2 unspecified atom stereocenters. The molecule has 2 aromatic rings. The molecule has 1 aromatic heterocycles. The number of nitrogens with one attached hydrogen (secondary N) is 1. The predicted octanol–water partition coefficient (Wildman–Crippen LogP) is 3.25. The van der Waals surface area contributed by atoms with Crippen LogP contribution in [0.2, 0.25) is 0 Å². The lowest BCUT2D eigenvalue weighted by molar-refractivity contribution is 0.0743. The summed E-state index contributed by atoms with van der Waals surface area (Å²) in [6.45, 7) is 3.16. The fraction of sp³-hybridized carbons (Fsp3) is 0.444. The Morgan fingerprint density at radius 1 is 1.28 bits per heavy atom. The summed E-state index contributed by atoms with van der Waals surface area (Å²) in [4.78, 5) is 27.3. The van der Waals surface area contributed by atoms with Crippen LogP contribution in [0.1, 0.15) is 35.2 Å². The minimum absolute atomic E-state index is 0. The van der Waals surface area contributed by atoms with Crippen molar-refractivity contribution in [2.24, 2.45) is 0 Å². The zero-order valence-electron chi connectivity index (χ0n) is 13.9. The minimum Gasteiger partial charge on any atom is -0.422 e. The fourth-order valence-corrected chi connectivity index (χ4v) is 4.22. The first-order chi connectivity index (χ1) is 11.5. The van der Waals surface area contributed by atoms with E-state index in [1.54, 1.807) is 11.0 Å². The predicted molar refractivity (Wildman–Crippen MR) is 103 cm³/mol. The van der Waals surface area contributed by atoms with Gasteiger partial charge in [-0.2, -0.15) is 0 Å². The largest absolute Gasteiger partial charge is 0.422 e. The van der Waals surface area contributed by atoms with E-state index in [2.05, 4.69) is 21.2 Å². The molecule has 0 radical (unpaired) electrons. The number of carbonyl (C=O) groups excluding carboxylic acids is 1. The molecule has 2 fully saturated rings. The Morgan fingerprint density at radius 2 is 2.04 bits per heavy atom. The molecule has 4 rings (SSSR count). The lowest BCUT2D eigenvalue weighted by Gasteiger charge is -2.24. The second kappa shape index (κ2) is 7.09. The van der Waals surface area contributed by atoms with Gasteiger partial charge in [-0.1, -0.05) is 15.9 Å². The number of fused-ring (bicyclic) bond motifs is 3. The van der Waals surface area contributed by atoms with Gasteiger partial charge in [0.25, 0.3) is 5.91 Å². The van der Waals surface area contributed by atoms with Crippen molar-refractivity contribution in [1.82, 2.24) is 10.2 Å². The van der Waals surface area contributed by atoms with E-state index in [1.807, 2.05) is 19.1 Å². The Balaban J connectivity index is 0.00000182. The Hall–Kier alpha value is -1.37. The highest BCUT2D eigenvalue weighted by Crippen LogP contribution is 2.26. The van der Waals surface area contributed by atoms with E-state index in [4.69, 9.17) is 4.42 Å². The Bertz CT molecular complexity index is 882. The second-order valence-corrected chi connectivity index (χ2v) is 7.62. The zero-order valence-corrected chi connectivity index (χ0v) is 16.3. The molecular weight excluding hydrogens is 408 g/mol. The van der Waals surface area contributed by atoms with Crippen LogP contribution in [0, 0.1) is 6.92 Å². The number of benzene rings is 1. The topological polar surface area (TPSA) is 62.6 Å². The molecule has 25 heavy (non-hydrogen) atoms. The van der Waals surface area contributed by atoms with Gasteiger partial charge in [-0.3, -0.25) is 4.79 Å². The first-order valence-corrected chi connectivity index (χ1v) is 9.10. The fourth-order valence-electron chi connectivity index (χ4n) is 3.86. The molecule has 2 aliphatic heterocycles. The SMILES string of the molecule is Cc1c(C(=O)N2CCC3CCC(C2)N3)c(=O)oc2ccc(Br)cc12.Cl. The molecule has 0 saturated carbocycles. The van der Waals surface area contributed by atoms with Gasteiger partial charge in [-0.25, -0.2) is 4.79 Å². The highest BCUT2D eigenvalue weighted by atomic mass is 79.9. The number of carbonyl (C=O) groups is 1. The van der Waals surface area contributed by atoms with Crippen LogP contribution >= 0.6 is 28.3 Å². The maximum Gasteiger partial charge on any atom is 0.349 e. The number of hydrogen-bond donors (Lipinski definition) is 1. The smallest absolute Gasteiger partial charge is 0.349 e. The average molecular weight is 428 g/mol. The normalized spacial score (nSPS) is 22.6. The minimum atomic E-state index is -0.547. The van der Waals surface area contributed by atoms with Gasteiger partial charge in [-0.05, 0) is 49.9 Å². The Kier molecular flexibility index (Phi) is 5.23. The third-order valence-corrected chi connectivity index (χ3v) is 5.64. The van der Waals surface area contributed by atoms with E-state index >= 15 is 0 Å². The van der Waals surface area contributed by atoms with Crippen LogP contribution in [0.25, 0.3) is 11.0 Å². The highest BCUT2D eigenvalue weighted by molar-refractivity contribution is 9.10. The van der Waals surface area contributed by atoms with Gasteiger partial charge in [0.05, 0.1) is 0 Å². The van der Waals surface area contributed by atoms with Crippen LogP contribution in [-0.4, -0.2) is 36.0 Å². The maximum absolute atomic E-state index is 13.0. The standard InChI is InChI=1S/C18H19BrN2O3.ClH/c1-10-14-8-11(19)2-5-15(14)24-18(23)16(10)17(22)21-7-6-12-3-4-13(9-21)20-12;/h2,5,8,12-13,20H,3-4,6-7,9H2,1H3;1H. The van der Waals surface area contributed by atoms with Crippen LogP contribution in [0.15, 0.2) is 31.9 Å². The number of amides is 1. The van der Waals surface area contributed by atoms with Gasteiger partial charge < -0.3 is 14.6 Å². The molecule has 2 aliphatic rings. The quantitative estimate of drug-likeness (QED) is 0.710. The molecule has 0 aliphatic carbocycles. The van der Waals surface area contributed by atoms with Crippen LogP contribution in [-0.2, 0) is 0 Å². The van der Waals surface area contributed by atoms with Crippen LogP contribution in [0.3, 0.4) is 0 Å². The first-order valence-electron chi connectivity index (χ1n) is 8.31. The summed E-state index contributed by atoms with van der Waals surface area (Å²) >= 11 is 3.43. The summed E-state index contributed by atoms with van der Waals surface area (Å²) in [7, 11) is 0. The van der Waals surface area contributed by atoms with Gasteiger partial charge in [0.15, 0.2) is 0 Å². The van der Waals surface area contributed by atoms with E-state index in [0.29, 0.717) is 36.3 Å². The maximum atomic E-state index is 13.0. The molecule has 134 valence electrons. The van der Waals surface area contributed by atoms with Crippen molar-refractivity contribution in [3.05, 3.63) is 44.2 Å². The summed E-state index contributed by atoms with van der Waals surface area (Å²) in [5.41, 5.74) is 0.816. The molecule has 0 spiro atoms. The number of halogens is 2. The molecule has 5 nitrogen and oxygen atoms in total. The van der Waals surface area contributed by atoms with Gasteiger partial charge >= 0.3 is 5.63 Å². The number of nitrogens with zero attached hydrogens (tertiary/aromatic N) is 1. The van der Waals surface area contributed by atoms with Gasteiger partial charge in [0, 0.05) is 35.0 Å². The van der Waals surface area contributed by atoms with Gasteiger partial charge in [0.2, 0.25) is 0 Å². The number of hydrogen-bond acceptors (Lipinski definition) is 4. The third kappa shape index (κ3) is 3.35. The van der Waals surface area contributed by atoms with Crippen LogP contribution < -0.4 is 10.9 Å². The zero-order chi connectivity index (χ0) is 16.8. The summed E-state index contributed by atoms with van der Waals surface area (Å²) in [6, 6.07) is 6.29. The summed E-state index contributed by atoms with van der Waals surface area (Å²) in [5.74, 6) is -0.211. The number of likely N-dealkylation sites (tertiary alicyclic amines) is 1. The summed E-state index contributed by atoms with van der Waals surface area (Å²) in [5, 5.41) is 4.35. The molecule has 1 N–H and O–H groups in total. The lowest BCUT2D eigenvalue weighted by atomic mass is 10.0. The Morgan fingerprint density at radius 3 is 2.84 bits per heavy atom. The molecule has 1 amide bonds. The van der Waals surface area contributed by atoms with Crippen molar-refractivity contribution in [3.63, 3.8) is 0 Å². The van der Waals surface area contributed by atoms with Crippen molar-refractivity contribution in [1.29, 1.82) is 0 Å². The molecular formula is C18H20BrClN2O3. The third-order valence-electron chi connectivity index (χ3n) is 5.15. The molecule has 2 saturated heterocycles. The van der Waals surface area contributed by atoms with E-state index in [0.717, 1.165) is 22.7 Å². The van der Waals surface area contributed by atoms with Gasteiger partial charge in [0.1, 0.15) is 11.1 Å². The van der Waals surface area contributed by atoms with E-state index in [1.165, 1.54) is 6.42 Å². The van der Waals surface area contributed by atoms with E-state index in [9.17, 15) is 9.59 Å². The van der Waals surface area contributed by atoms with E-state index in [-0.39, 0.29) is 23.9 Å². The molecule has 2 bridgehead atoms. The lowest BCUT2D eigenvalue weighted by Crippen LogP contribution is -2.41. The van der Waals surface area contributed by atoms with Gasteiger partial charge in [-0.15, -0.1) is 12.4 Å². The number of aryl methyl sites for hydroxylation is 1. The van der Waals surface area contributed by atoms with Crippen molar-refractivity contribution >= 4 is 45.2 Å². The molecule has 2 atom stereocenters. The molecule has 3 heterocycles. The van der Waals surface area contributed by atoms with Crippen LogP contribution in [0.5, 0.6) is 0 Å². The highest BCUT2D eigenvalue weighted by Gasteiger charge is 2.33. The van der Waals surface area contributed by atoms with Crippen molar-refractivity contribution in [2.45, 2.75) is 38.3 Å². The summed E-state index contributed by atoms with van der Waals surface area (Å²) in [6.07, 6.45) is 3.20.